The Kier molecular flexibility index (Phi) is 5.47. The third kappa shape index (κ3) is 4.06. The summed E-state index contributed by atoms with van der Waals surface area (Å²) in [6.45, 7) is 8.07. The van der Waals surface area contributed by atoms with Crippen molar-refractivity contribution in [2.45, 2.75) is 46.1 Å². The maximum Gasteiger partial charge on any atom is 0.0349 e. The standard InChI is InChI=1S/C17H26BrN/c1-4-19-17(14-6-5-7-16(18)11-14)15-9-12(2)8-13(3)10-15/h5-7,11-13,15,17,19H,4,8-10H2,1-3H3. The normalized spacial score (nSPS) is 29.2. The van der Waals surface area contributed by atoms with Crippen LogP contribution in [0.1, 0.15) is 51.6 Å². The van der Waals surface area contributed by atoms with Crippen LogP contribution in [0.15, 0.2) is 28.7 Å². The SMILES string of the molecule is CCNC(c1cccc(Br)c1)C1CC(C)CC(C)C1. The predicted molar refractivity (Wildman–Crippen MR) is 86.2 cm³/mol. The summed E-state index contributed by atoms with van der Waals surface area (Å²) in [6.07, 6.45) is 4.11. The van der Waals surface area contributed by atoms with E-state index >= 15 is 0 Å². The van der Waals surface area contributed by atoms with Gasteiger partial charge in [-0.05, 0) is 61.3 Å². The minimum absolute atomic E-state index is 0.507. The van der Waals surface area contributed by atoms with Gasteiger partial charge in [-0.25, -0.2) is 0 Å². The second kappa shape index (κ2) is 6.90. The van der Waals surface area contributed by atoms with E-state index in [-0.39, 0.29) is 0 Å². The number of halogens is 1. The topological polar surface area (TPSA) is 12.0 Å². The van der Waals surface area contributed by atoms with Crippen molar-refractivity contribution in [1.29, 1.82) is 0 Å². The molecule has 3 atom stereocenters. The highest BCUT2D eigenvalue weighted by Gasteiger charge is 2.30. The summed E-state index contributed by atoms with van der Waals surface area (Å²) < 4.78 is 1.19. The summed E-state index contributed by atoms with van der Waals surface area (Å²) >= 11 is 3.60. The highest BCUT2D eigenvalue weighted by Crippen LogP contribution is 2.40. The van der Waals surface area contributed by atoms with E-state index in [1.165, 1.54) is 29.3 Å². The molecule has 0 amide bonds. The van der Waals surface area contributed by atoms with Crippen molar-refractivity contribution in [2.75, 3.05) is 6.54 Å². The van der Waals surface area contributed by atoms with E-state index in [1.54, 1.807) is 0 Å². The van der Waals surface area contributed by atoms with Crippen molar-refractivity contribution in [3.8, 4) is 0 Å². The van der Waals surface area contributed by atoms with Crippen molar-refractivity contribution < 1.29 is 0 Å². The van der Waals surface area contributed by atoms with Gasteiger partial charge < -0.3 is 5.32 Å². The molecule has 106 valence electrons. The molecule has 1 aliphatic carbocycles. The lowest BCUT2D eigenvalue weighted by molar-refractivity contribution is 0.177. The van der Waals surface area contributed by atoms with Crippen molar-refractivity contribution in [3.05, 3.63) is 34.3 Å². The molecule has 0 bridgehead atoms. The van der Waals surface area contributed by atoms with Crippen LogP contribution >= 0.6 is 15.9 Å². The van der Waals surface area contributed by atoms with Crippen LogP contribution in [-0.4, -0.2) is 6.54 Å². The first-order chi connectivity index (χ1) is 9.10. The third-order valence-electron chi connectivity index (χ3n) is 4.32. The van der Waals surface area contributed by atoms with Crippen LogP contribution in [0.3, 0.4) is 0 Å². The molecule has 2 rings (SSSR count). The van der Waals surface area contributed by atoms with Crippen LogP contribution in [0, 0.1) is 17.8 Å². The van der Waals surface area contributed by atoms with Gasteiger partial charge in [-0.1, -0.05) is 48.8 Å². The Morgan fingerprint density at radius 2 is 1.89 bits per heavy atom. The molecule has 1 nitrogen and oxygen atoms in total. The first kappa shape index (κ1) is 15.1. The molecule has 3 unspecified atom stereocenters. The molecular weight excluding hydrogens is 298 g/mol. The van der Waals surface area contributed by atoms with Gasteiger partial charge >= 0.3 is 0 Å². The number of nitrogens with one attached hydrogen (secondary N) is 1. The Bertz CT molecular complexity index is 394. The van der Waals surface area contributed by atoms with E-state index in [0.717, 1.165) is 24.3 Å². The van der Waals surface area contributed by atoms with Gasteiger partial charge in [0.1, 0.15) is 0 Å². The molecule has 1 N–H and O–H groups in total. The number of hydrogen-bond donors (Lipinski definition) is 1. The molecule has 1 aliphatic rings. The van der Waals surface area contributed by atoms with Crippen LogP contribution < -0.4 is 5.32 Å². The van der Waals surface area contributed by atoms with Crippen molar-refractivity contribution in [2.24, 2.45) is 17.8 Å². The molecule has 0 spiro atoms. The number of hydrogen-bond acceptors (Lipinski definition) is 1. The Morgan fingerprint density at radius 1 is 1.21 bits per heavy atom. The molecule has 1 saturated carbocycles. The summed E-state index contributed by atoms with van der Waals surface area (Å²) in [7, 11) is 0. The lowest BCUT2D eigenvalue weighted by Gasteiger charge is -2.37. The molecule has 19 heavy (non-hydrogen) atoms. The molecule has 0 radical (unpaired) electrons. The minimum Gasteiger partial charge on any atom is -0.310 e. The summed E-state index contributed by atoms with van der Waals surface area (Å²) in [6, 6.07) is 9.31. The van der Waals surface area contributed by atoms with Crippen molar-refractivity contribution >= 4 is 15.9 Å². The maximum absolute atomic E-state index is 3.72. The van der Waals surface area contributed by atoms with E-state index in [9.17, 15) is 0 Å². The lowest BCUT2D eigenvalue weighted by atomic mass is 9.72. The molecule has 0 aliphatic heterocycles. The van der Waals surface area contributed by atoms with Gasteiger partial charge in [-0.2, -0.15) is 0 Å². The quantitative estimate of drug-likeness (QED) is 0.805. The maximum atomic E-state index is 3.72. The molecule has 0 aromatic heterocycles. The Morgan fingerprint density at radius 3 is 2.47 bits per heavy atom. The number of benzene rings is 1. The lowest BCUT2D eigenvalue weighted by Crippen LogP contribution is -2.33. The van der Waals surface area contributed by atoms with Gasteiger partial charge in [-0.15, -0.1) is 0 Å². The van der Waals surface area contributed by atoms with E-state index < -0.39 is 0 Å². The van der Waals surface area contributed by atoms with Crippen LogP contribution in [0.25, 0.3) is 0 Å². The van der Waals surface area contributed by atoms with Gasteiger partial charge in [0, 0.05) is 10.5 Å². The molecule has 0 heterocycles. The van der Waals surface area contributed by atoms with Crippen LogP contribution in [0.5, 0.6) is 0 Å². The van der Waals surface area contributed by atoms with E-state index in [0.29, 0.717) is 6.04 Å². The van der Waals surface area contributed by atoms with Crippen molar-refractivity contribution in [1.82, 2.24) is 5.32 Å². The minimum atomic E-state index is 0.507. The van der Waals surface area contributed by atoms with Gasteiger partial charge in [0.05, 0.1) is 0 Å². The first-order valence-electron chi connectivity index (χ1n) is 7.59. The fourth-order valence-corrected chi connectivity index (χ4v) is 4.17. The summed E-state index contributed by atoms with van der Waals surface area (Å²) in [5.74, 6) is 2.50. The molecule has 1 aromatic carbocycles. The second-order valence-electron chi connectivity index (χ2n) is 6.27. The van der Waals surface area contributed by atoms with E-state index in [4.69, 9.17) is 0 Å². The van der Waals surface area contributed by atoms with Gasteiger partial charge in [-0.3, -0.25) is 0 Å². The monoisotopic (exact) mass is 323 g/mol. The van der Waals surface area contributed by atoms with Gasteiger partial charge in [0.15, 0.2) is 0 Å². The van der Waals surface area contributed by atoms with E-state index in [1.807, 2.05) is 0 Å². The van der Waals surface area contributed by atoms with Crippen LogP contribution in [0.2, 0.25) is 0 Å². The Labute approximate surface area is 126 Å². The summed E-state index contributed by atoms with van der Waals surface area (Å²) in [5, 5.41) is 3.72. The first-order valence-corrected chi connectivity index (χ1v) is 8.38. The Balaban J connectivity index is 2.19. The highest BCUT2D eigenvalue weighted by atomic mass is 79.9. The van der Waals surface area contributed by atoms with Gasteiger partial charge in [0.25, 0.3) is 0 Å². The smallest absolute Gasteiger partial charge is 0.0349 e. The van der Waals surface area contributed by atoms with Crippen LogP contribution in [0.4, 0.5) is 0 Å². The molecule has 0 saturated heterocycles. The predicted octanol–water partition coefficient (Wildman–Crippen LogP) is 5.17. The van der Waals surface area contributed by atoms with Crippen LogP contribution in [-0.2, 0) is 0 Å². The van der Waals surface area contributed by atoms with Gasteiger partial charge in [0.2, 0.25) is 0 Å². The number of rotatable bonds is 4. The molecule has 2 heteroatoms. The highest BCUT2D eigenvalue weighted by molar-refractivity contribution is 9.10. The summed E-state index contributed by atoms with van der Waals surface area (Å²) in [4.78, 5) is 0. The van der Waals surface area contributed by atoms with Crippen molar-refractivity contribution in [3.63, 3.8) is 0 Å². The largest absolute Gasteiger partial charge is 0.310 e. The fraction of sp³-hybridized carbons (Fsp3) is 0.647. The second-order valence-corrected chi connectivity index (χ2v) is 7.18. The summed E-state index contributed by atoms with van der Waals surface area (Å²) in [5.41, 5.74) is 1.43. The zero-order chi connectivity index (χ0) is 13.8. The molecule has 1 aromatic rings. The average Bonchev–Trinajstić information content (AvgIpc) is 2.34. The molecular formula is C17H26BrN. The average molecular weight is 324 g/mol. The Hall–Kier alpha value is -0.340. The molecule has 1 fully saturated rings. The van der Waals surface area contributed by atoms with E-state index in [2.05, 4.69) is 66.3 Å². The zero-order valence-corrected chi connectivity index (χ0v) is 13.9. The zero-order valence-electron chi connectivity index (χ0n) is 12.3. The third-order valence-corrected chi connectivity index (χ3v) is 4.81. The fourth-order valence-electron chi connectivity index (χ4n) is 3.76.